The van der Waals surface area contributed by atoms with Crippen molar-refractivity contribution < 1.29 is 9.47 Å². The van der Waals surface area contributed by atoms with Crippen molar-refractivity contribution in [2.45, 2.75) is 46.1 Å². The van der Waals surface area contributed by atoms with Gasteiger partial charge in [0.15, 0.2) is 5.96 Å². The Morgan fingerprint density at radius 2 is 2.03 bits per heavy atom. The summed E-state index contributed by atoms with van der Waals surface area (Å²) in [6.45, 7) is 10.6. The largest absolute Gasteiger partial charge is 0.374 e. The molecule has 0 spiro atoms. The quantitative estimate of drug-likeness (QED) is 0.340. The average Bonchev–Trinajstić information content (AvgIpc) is 3.17. The summed E-state index contributed by atoms with van der Waals surface area (Å²) in [7, 11) is 1.93. The molecule has 0 aliphatic carbocycles. The Kier molecular flexibility index (Phi) is 10.1. The SMILES string of the molecule is CCNC(=NCc1ccc(COC(C)C)cc1)N1CCOC(c2cnn(C)c2)C1.I. The maximum atomic E-state index is 5.96. The first-order valence-electron chi connectivity index (χ1n) is 10.4. The van der Waals surface area contributed by atoms with Crippen molar-refractivity contribution in [3.63, 3.8) is 0 Å². The van der Waals surface area contributed by atoms with Crippen LogP contribution in [0, 0.1) is 0 Å². The molecule has 2 heterocycles. The Hall–Kier alpha value is -1.65. The summed E-state index contributed by atoms with van der Waals surface area (Å²) in [6.07, 6.45) is 4.15. The minimum atomic E-state index is 0. The minimum Gasteiger partial charge on any atom is -0.374 e. The molecule has 1 fully saturated rings. The highest BCUT2D eigenvalue weighted by molar-refractivity contribution is 14.0. The van der Waals surface area contributed by atoms with E-state index in [1.54, 1.807) is 0 Å². The summed E-state index contributed by atoms with van der Waals surface area (Å²) in [5.74, 6) is 0.928. The molecular formula is C22H34IN5O2. The molecule has 1 aliphatic heterocycles. The molecule has 1 aromatic heterocycles. The number of morpholine rings is 1. The summed E-state index contributed by atoms with van der Waals surface area (Å²) in [6, 6.07) is 8.49. The number of hydrogen-bond donors (Lipinski definition) is 1. The zero-order valence-electron chi connectivity index (χ0n) is 18.4. The minimum absolute atomic E-state index is 0. The summed E-state index contributed by atoms with van der Waals surface area (Å²) in [5, 5.41) is 7.69. The van der Waals surface area contributed by atoms with E-state index in [0.717, 1.165) is 31.2 Å². The molecule has 166 valence electrons. The van der Waals surface area contributed by atoms with Gasteiger partial charge in [0, 0.05) is 31.9 Å². The molecule has 1 saturated heterocycles. The predicted octanol–water partition coefficient (Wildman–Crippen LogP) is 3.50. The van der Waals surface area contributed by atoms with Crippen LogP contribution in [0.2, 0.25) is 0 Å². The van der Waals surface area contributed by atoms with Gasteiger partial charge in [-0.25, -0.2) is 4.99 Å². The summed E-state index contributed by atoms with van der Waals surface area (Å²) >= 11 is 0. The lowest BCUT2D eigenvalue weighted by atomic mass is 10.1. The number of halogens is 1. The monoisotopic (exact) mass is 527 g/mol. The van der Waals surface area contributed by atoms with Gasteiger partial charge in [0.05, 0.1) is 38.6 Å². The van der Waals surface area contributed by atoms with E-state index in [2.05, 4.69) is 60.4 Å². The van der Waals surface area contributed by atoms with Crippen molar-refractivity contribution >= 4 is 29.9 Å². The number of nitrogens with one attached hydrogen (secondary N) is 1. The first kappa shape index (κ1) is 24.6. The standard InChI is InChI=1S/C22H33N5O2.HI/c1-5-23-22(24-12-18-6-8-19(9-7-18)16-29-17(2)3)27-10-11-28-21(15-27)20-13-25-26(4)14-20;/h6-9,13-14,17,21H,5,10-12,15-16H2,1-4H3,(H,23,24);1H. The number of hydrogen-bond acceptors (Lipinski definition) is 4. The van der Waals surface area contributed by atoms with E-state index in [1.807, 2.05) is 24.1 Å². The molecule has 0 radical (unpaired) electrons. The second-order valence-corrected chi connectivity index (χ2v) is 7.60. The Labute approximate surface area is 196 Å². The number of aryl methyl sites for hydroxylation is 1. The van der Waals surface area contributed by atoms with Crippen LogP contribution in [-0.4, -0.2) is 53.0 Å². The van der Waals surface area contributed by atoms with Gasteiger partial charge >= 0.3 is 0 Å². The van der Waals surface area contributed by atoms with Gasteiger partial charge in [-0.15, -0.1) is 24.0 Å². The van der Waals surface area contributed by atoms with Crippen molar-refractivity contribution in [3.8, 4) is 0 Å². The zero-order valence-corrected chi connectivity index (χ0v) is 20.7. The molecule has 0 amide bonds. The highest BCUT2D eigenvalue weighted by Gasteiger charge is 2.25. The Balaban J connectivity index is 0.00000320. The molecule has 0 bridgehead atoms. The molecule has 2 aromatic rings. The van der Waals surface area contributed by atoms with Crippen LogP contribution in [0.1, 0.15) is 43.6 Å². The van der Waals surface area contributed by atoms with Crippen LogP contribution in [0.3, 0.4) is 0 Å². The number of guanidine groups is 1. The van der Waals surface area contributed by atoms with E-state index >= 15 is 0 Å². The van der Waals surface area contributed by atoms with E-state index in [-0.39, 0.29) is 36.2 Å². The van der Waals surface area contributed by atoms with Gasteiger partial charge < -0.3 is 19.7 Å². The first-order valence-corrected chi connectivity index (χ1v) is 10.4. The second kappa shape index (κ2) is 12.3. The number of ether oxygens (including phenoxy) is 2. The highest BCUT2D eigenvalue weighted by Crippen LogP contribution is 2.21. The van der Waals surface area contributed by atoms with Gasteiger partial charge in [-0.2, -0.15) is 5.10 Å². The van der Waals surface area contributed by atoms with Gasteiger partial charge in [0.1, 0.15) is 6.10 Å². The van der Waals surface area contributed by atoms with Crippen LogP contribution in [0.5, 0.6) is 0 Å². The summed E-state index contributed by atoms with van der Waals surface area (Å²) in [5.41, 5.74) is 3.48. The van der Waals surface area contributed by atoms with Gasteiger partial charge in [-0.3, -0.25) is 4.68 Å². The summed E-state index contributed by atoms with van der Waals surface area (Å²) < 4.78 is 13.4. The van der Waals surface area contributed by atoms with Crippen LogP contribution in [0.4, 0.5) is 0 Å². The van der Waals surface area contributed by atoms with E-state index < -0.39 is 0 Å². The van der Waals surface area contributed by atoms with E-state index in [1.165, 1.54) is 11.1 Å². The Morgan fingerprint density at radius 3 is 2.67 bits per heavy atom. The average molecular weight is 527 g/mol. The van der Waals surface area contributed by atoms with Gasteiger partial charge in [-0.1, -0.05) is 24.3 Å². The molecule has 1 aliphatic rings. The lowest BCUT2D eigenvalue weighted by Crippen LogP contribution is -2.48. The Morgan fingerprint density at radius 1 is 1.30 bits per heavy atom. The number of rotatable bonds is 7. The molecule has 3 rings (SSSR count). The third kappa shape index (κ3) is 7.24. The smallest absolute Gasteiger partial charge is 0.194 e. The first-order chi connectivity index (χ1) is 14.0. The normalized spacial score (nSPS) is 17.2. The van der Waals surface area contributed by atoms with Crippen LogP contribution in [0.25, 0.3) is 0 Å². The lowest BCUT2D eigenvalue weighted by Gasteiger charge is -2.34. The van der Waals surface area contributed by atoms with Crippen molar-refractivity contribution in [1.82, 2.24) is 20.0 Å². The molecular weight excluding hydrogens is 493 g/mol. The van der Waals surface area contributed by atoms with Crippen molar-refractivity contribution in [1.29, 1.82) is 0 Å². The van der Waals surface area contributed by atoms with Gasteiger partial charge in [0.25, 0.3) is 0 Å². The molecule has 1 aromatic carbocycles. The second-order valence-electron chi connectivity index (χ2n) is 7.60. The number of aromatic nitrogens is 2. The fourth-order valence-corrected chi connectivity index (χ4v) is 3.25. The number of benzene rings is 1. The van der Waals surface area contributed by atoms with Gasteiger partial charge in [0.2, 0.25) is 0 Å². The predicted molar refractivity (Wildman–Crippen MR) is 130 cm³/mol. The lowest BCUT2D eigenvalue weighted by molar-refractivity contribution is -0.00805. The third-order valence-corrected chi connectivity index (χ3v) is 4.82. The maximum Gasteiger partial charge on any atom is 0.194 e. The molecule has 8 heteroatoms. The van der Waals surface area contributed by atoms with Crippen LogP contribution >= 0.6 is 24.0 Å². The van der Waals surface area contributed by atoms with E-state index in [4.69, 9.17) is 14.5 Å². The number of nitrogens with zero attached hydrogens (tertiary/aromatic N) is 4. The fourth-order valence-electron chi connectivity index (χ4n) is 3.25. The van der Waals surface area contributed by atoms with Crippen LogP contribution in [0.15, 0.2) is 41.7 Å². The summed E-state index contributed by atoms with van der Waals surface area (Å²) in [4.78, 5) is 7.14. The molecule has 1 N–H and O–H groups in total. The van der Waals surface area contributed by atoms with Crippen molar-refractivity contribution in [2.75, 3.05) is 26.2 Å². The fraction of sp³-hybridized carbons (Fsp3) is 0.545. The topological polar surface area (TPSA) is 63.9 Å². The molecule has 1 atom stereocenters. The molecule has 0 saturated carbocycles. The third-order valence-electron chi connectivity index (χ3n) is 4.82. The van der Waals surface area contributed by atoms with Crippen LogP contribution < -0.4 is 5.32 Å². The van der Waals surface area contributed by atoms with Crippen molar-refractivity contribution in [3.05, 3.63) is 53.3 Å². The van der Waals surface area contributed by atoms with E-state index in [9.17, 15) is 0 Å². The number of aliphatic imine (C=N–C) groups is 1. The van der Waals surface area contributed by atoms with Crippen molar-refractivity contribution in [2.24, 2.45) is 12.0 Å². The maximum absolute atomic E-state index is 5.96. The Bertz CT molecular complexity index is 791. The van der Waals surface area contributed by atoms with Gasteiger partial charge in [-0.05, 0) is 31.9 Å². The van der Waals surface area contributed by atoms with Crippen LogP contribution in [-0.2, 0) is 29.7 Å². The highest BCUT2D eigenvalue weighted by atomic mass is 127. The molecule has 1 unspecified atom stereocenters. The zero-order chi connectivity index (χ0) is 20.6. The van der Waals surface area contributed by atoms with E-state index in [0.29, 0.717) is 19.8 Å². The molecule has 7 nitrogen and oxygen atoms in total. The molecule has 30 heavy (non-hydrogen) atoms.